The number of rotatable bonds is 4. The van der Waals surface area contributed by atoms with Crippen LogP contribution in [-0.4, -0.2) is 27.2 Å². The number of amides is 1. The quantitative estimate of drug-likeness (QED) is 0.538. The van der Waals surface area contributed by atoms with Crippen LogP contribution in [0.15, 0.2) is 54.9 Å². The van der Waals surface area contributed by atoms with Gasteiger partial charge in [0.2, 0.25) is 0 Å². The highest BCUT2D eigenvalue weighted by atomic mass is 16.5. The molecule has 0 bridgehead atoms. The van der Waals surface area contributed by atoms with Crippen LogP contribution in [0, 0.1) is 6.92 Å². The first kappa shape index (κ1) is 20.0. The molecule has 3 aromatic rings. The number of carbonyl (C=O) groups excluding carboxylic acids is 1. The van der Waals surface area contributed by atoms with Crippen LogP contribution >= 0.6 is 0 Å². The first-order valence-corrected chi connectivity index (χ1v) is 11.2. The van der Waals surface area contributed by atoms with Gasteiger partial charge in [-0.1, -0.05) is 42.0 Å². The van der Waals surface area contributed by atoms with Crippen molar-refractivity contribution in [2.45, 2.75) is 58.3 Å². The molecule has 2 aliphatic heterocycles. The summed E-state index contributed by atoms with van der Waals surface area (Å²) in [6, 6.07) is 14.8. The average molecular weight is 416 g/mol. The third kappa shape index (κ3) is 3.57. The fourth-order valence-electron chi connectivity index (χ4n) is 4.84. The van der Waals surface area contributed by atoms with Crippen molar-refractivity contribution in [1.29, 1.82) is 0 Å². The Morgan fingerprint density at radius 3 is 2.65 bits per heavy atom. The molecule has 0 aliphatic carbocycles. The summed E-state index contributed by atoms with van der Waals surface area (Å²) in [5.74, 6) is 0.0976. The predicted molar refractivity (Wildman–Crippen MR) is 121 cm³/mol. The van der Waals surface area contributed by atoms with Crippen LogP contribution in [0.5, 0.6) is 0 Å². The molecule has 1 aromatic heterocycles. The van der Waals surface area contributed by atoms with E-state index < -0.39 is 0 Å². The highest BCUT2D eigenvalue weighted by Gasteiger charge is 2.37. The van der Waals surface area contributed by atoms with Gasteiger partial charge >= 0.3 is 0 Å². The van der Waals surface area contributed by atoms with E-state index in [2.05, 4.69) is 62.3 Å². The number of aromatic nitrogens is 2. The Morgan fingerprint density at radius 1 is 1.10 bits per heavy atom. The Hall–Kier alpha value is -2.92. The molecule has 5 nitrogen and oxygen atoms in total. The Labute approximate surface area is 183 Å². The van der Waals surface area contributed by atoms with Gasteiger partial charge in [-0.2, -0.15) is 5.10 Å². The van der Waals surface area contributed by atoms with E-state index in [1.54, 1.807) is 0 Å². The van der Waals surface area contributed by atoms with Crippen molar-refractivity contribution >= 4 is 5.91 Å². The molecule has 0 N–H and O–H groups in total. The van der Waals surface area contributed by atoms with E-state index in [-0.39, 0.29) is 24.2 Å². The molecule has 3 heterocycles. The van der Waals surface area contributed by atoms with Crippen molar-refractivity contribution in [2.75, 3.05) is 6.61 Å². The number of carbonyl (C=O) groups is 1. The number of ether oxygens (including phenoxy) is 1. The van der Waals surface area contributed by atoms with Crippen LogP contribution in [0.3, 0.4) is 0 Å². The molecule has 1 amide bonds. The number of hydrogen-bond donors (Lipinski definition) is 0. The molecule has 5 heteroatoms. The molecule has 31 heavy (non-hydrogen) atoms. The largest absolute Gasteiger partial charge is 0.357 e. The molecule has 1 fully saturated rings. The Balaban J connectivity index is 1.41. The fourth-order valence-corrected chi connectivity index (χ4v) is 4.84. The van der Waals surface area contributed by atoms with Gasteiger partial charge in [0.05, 0.1) is 18.3 Å². The second-order valence-corrected chi connectivity index (χ2v) is 8.81. The molecule has 5 rings (SSSR count). The summed E-state index contributed by atoms with van der Waals surface area (Å²) in [6.07, 6.45) is 7.20. The molecule has 0 saturated carbocycles. The maximum atomic E-state index is 13.4. The molecular formula is C26H29N3O2. The molecule has 2 aromatic carbocycles. The number of aryl methyl sites for hydroxylation is 1. The summed E-state index contributed by atoms with van der Waals surface area (Å²) >= 11 is 0. The van der Waals surface area contributed by atoms with Gasteiger partial charge in [-0.05, 0) is 62.8 Å². The van der Waals surface area contributed by atoms with Gasteiger partial charge in [-0.3, -0.25) is 4.79 Å². The highest BCUT2D eigenvalue weighted by molar-refractivity contribution is 6.00. The van der Waals surface area contributed by atoms with Gasteiger partial charge in [0.1, 0.15) is 6.23 Å². The van der Waals surface area contributed by atoms with E-state index in [1.807, 2.05) is 28.0 Å². The van der Waals surface area contributed by atoms with Gasteiger partial charge in [0.25, 0.3) is 5.91 Å². The van der Waals surface area contributed by atoms with E-state index >= 15 is 0 Å². The van der Waals surface area contributed by atoms with Gasteiger partial charge in [-0.25, -0.2) is 4.68 Å². The molecule has 160 valence electrons. The van der Waals surface area contributed by atoms with Crippen LogP contribution in [0.25, 0.3) is 11.1 Å². The number of nitrogens with zero attached hydrogens (tertiary/aromatic N) is 3. The standard InChI is InChI=1S/C26H29N3O2/c1-17-7-9-20(10-8-17)18(2)29-19(3)23-12-11-21(14-24(23)26(29)30)22-15-27-28(16-22)25-6-4-5-13-31-25/h7-12,14-16,18-19,25H,4-6,13H2,1-3H3. The highest BCUT2D eigenvalue weighted by Crippen LogP contribution is 2.41. The molecule has 0 radical (unpaired) electrons. The predicted octanol–water partition coefficient (Wildman–Crippen LogP) is 5.84. The van der Waals surface area contributed by atoms with E-state index in [0.717, 1.165) is 47.3 Å². The van der Waals surface area contributed by atoms with Crippen LogP contribution in [0.4, 0.5) is 0 Å². The van der Waals surface area contributed by atoms with E-state index in [9.17, 15) is 4.79 Å². The lowest BCUT2D eigenvalue weighted by Crippen LogP contribution is -2.29. The minimum absolute atomic E-state index is 0.0180. The van der Waals surface area contributed by atoms with Gasteiger partial charge < -0.3 is 9.64 Å². The lowest BCUT2D eigenvalue weighted by molar-refractivity contribution is -0.0394. The normalized spacial score (nSPS) is 21.9. The Bertz CT molecular complexity index is 1100. The lowest BCUT2D eigenvalue weighted by Gasteiger charge is -2.29. The monoisotopic (exact) mass is 415 g/mol. The Kier molecular flexibility index (Phi) is 5.14. The van der Waals surface area contributed by atoms with E-state index in [4.69, 9.17) is 4.74 Å². The SMILES string of the molecule is Cc1ccc(C(C)N2C(=O)c3cc(-c4cnn(C5CCCCO5)c4)ccc3C2C)cc1. The maximum Gasteiger partial charge on any atom is 0.255 e. The first-order valence-electron chi connectivity index (χ1n) is 11.2. The summed E-state index contributed by atoms with van der Waals surface area (Å²) in [7, 11) is 0. The lowest BCUT2D eigenvalue weighted by atomic mass is 10.00. The van der Waals surface area contributed by atoms with Crippen molar-refractivity contribution in [2.24, 2.45) is 0 Å². The maximum absolute atomic E-state index is 13.4. The second-order valence-electron chi connectivity index (χ2n) is 8.81. The van der Waals surface area contributed by atoms with Crippen LogP contribution in [0.1, 0.15) is 78.5 Å². The van der Waals surface area contributed by atoms with Gasteiger partial charge in [0.15, 0.2) is 0 Å². The molecule has 3 atom stereocenters. The first-order chi connectivity index (χ1) is 15.0. The van der Waals surface area contributed by atoms with Crippen molar-refractivity contribution in [3.8, 4) is 11.1 Å². The number of fused-ring (bicyclic) bond motifs is 1. The molecule has 2 aliphatic rings. The average Bonchev–Trinajstić information content (AvgIpc) is 3.38. The summed E-state index contributed by atoms with van der Waals surface area (Å²) in [6.45, 7) is 7.10. The summed E-state index contributed by atoms with van der Waals surface area (Å²) < 4.78 is 7.76. The summed E-state index contributed by atoms with van der Waals surface area (Å²) in [4.78, 5) is 15.4. The zero-order chi connectivity index (χ0) is 21.5. The van der Waals surface area contributed by atoms with E-state index in [1.165, 1.54) is 12.0 Å². The van der Waals surface area contributed by atoms with Crippen LogP contribution < -0.4 is 0 Å². The third-order valence-electron chi connectivity index (χ3n) is 6.75. The van der Waals surface area contributed by atoms with Crippen molar-refractivity contribution in [3.05, 3.63) is 77.1 Å². The van der Waals surface area contributed by atoms with Crippen LogP contribution in [0.2, 0.25) is 0 Å². The molecule has 0 spiro atoms. The minimum Gasteiger partial charge on any atom is -0.357 e. The van der Waals surface area contributed by atoms with Crippen molar-refractivity contribution in [3.63, 3.8) is 0 Å². The smallest absolute Gasteiger partial charge is 0.255 e. The third-order valence-corrected chi connectivity index (χ3v) is 6.75. The molecule has 1 saturated heterocycles. The summed E-state index contributed by atoms with van der Waals surface area (Å²) in [5, 5.41) is 4.53. The minimum atomic E-state index is 0.0180. The topological polar surface area (TPSA) is 47.4 Å². The molecular weight excluding hydrogens is 386 g/mol. The zero-order valence-corrected chi connectivity index (χ0v) is 18.4. The Morgan fingerprint density at radius 2 is 1.90 bits per heavy atom. The fraction of sp³-hybridized carbons (Fsp3) is 0.385. The van der Waals surface area contributed by atoms with Crippen molar-refractivity contribution in [1.82, 2.24) is 14.7 Å². The van der Waals surface area contributed by atoms with Crippen molar-refractivity contribution < 1.29 is 9.53 Å². The number of benzene rings is 2. The second kappa shape index (κ2) is 7.97. The van der Waals surface area contributed by atoms with E-state index in [0.29, 0.717) is 0 Å². The van der Waals surface area contributed by atoms with Crippen LogP contribution in [-0.2, 0) is 4.74 Å². The van der Waals surface area contributed by atoms with Gasteiger partial charge in [0, 0.05) is 23.9 Å². The number of hydrogen-bond acceptors (Lipinski definition) is 3. The summed E-state index contributed by atoms with van der Waals surface area (Å²) in [5.41, 5.74) is 6.31. The van der Waals surface area contributed by atoms with Gasteiger partial charge in [-0.15, -0.1) is 0 Å². The zero-order valence-electron chi connectivity index (χ0n) is 18.4. The molecule has 3 unspecified atom stereocenters.